The van der Waals surface area contributed by atoms with Crippen LogP contribution in [0.3, 0.4) is 0 Å². The van der Waals surface area contributed by atoms with Crippen molar-refractivity contribution in [2.75, 3.05) is 11.1 Å². The number of thioether (sulfide) groups is 1. The molecule has 0 aliphatic rings. The molecule has 4 nitrogen and oxygen atoms in total. The number of amides is 1. The number of hydrogen-bond donors (Lipinski definition) is 1. The molecule has 1 N–H and O–H groups in total. The molecule has 1 aromatic heterocycles. The molecule has 0 saturated heterocycles. The minimum atomic E-state index is -4.54. The molecule has 144 valence electrons. The number of hydrogen-bond acceptors (Lipinski definition) is 4. The van der Waals surface area contributed by atoms with Gasteiger partial charge in [0.05, 0.1) is 22.7 Å². The van der Waals surface area contributed by atoms with Crippen molar-refractivity contribution >= 4 is 39.3 Å². The summed E-state index contributed by atoms with van der Waals surface area (Å²) in [7, 11) is 0. The highest BCUT2D eigenvalue weighted by atomic mass is 79.9. The van der Waals surface area contributed by atoms with Crippen LogP contribution in [0, 0.1) is 0 Å². The molecule has 0 unspecified atom stereocenters. The average Bonchev–Trinajstić information content (AvgIpc) is 2.67. The van der Waals surface area contributed by atoms with Crippen LogP contribution >= 0.6 is 27.7 Å². The van der Waals surface area contributed by atoms with Crippen LogP contribution in [0.5, 0.6) is 0 Å². The summed E-state index contributed by atoms with van der Waals surface area (Å²) in [5, 5.41) is 11.0. The second kappa shape index (κ2) is 8.74. The second-order valence-electron chi connectivity index (χ2n) is 5.64. The van der Waals surface area contributed by atoms with Crippen molar-refractivity contribution in [1.82, 2.24) is 10.2 Å². The van der Waals surface area contributed by atoms with Crippen LogP contribution in [0.4, 0.5) is 18.9 Å². The minimum absolute atomic E-state index is 0.0848. The number of nitrogens with zero attached hydrogens (tertiary/aromatic N) is 2. The first-order valence-corrected chi connectivity index (χ1v) is 9.79. The molecule has 0 fully saturated rings. The summed E-state index contributed by atoms with van der Waals surface area (Å²) in [5.74, 6) is -0.640. The van der Waals surface area contributed by atoms with Crippen molar-refractivity contribution < 1.29 is 18.0 Å². The molecule has 9 heteroatoms. The first kappa shape index (κ1) is 20.3. The third kappa shape index (κ3) is 5.32. The lowest BCUT2D eigenvalue weighted by Gasteiger charge is -2.13. The van der Waals surface area contributed by atoms with Crippen molar-refractivity contribution in [1.29, 1.82) is 0 Å². The molecule has 1 heterocycles. The van der Waals surface area contributed by atoms with Gasteiger partial charge in [-0.25, -0.2) is 0 Å². The zero-order valence-corrected chi connectivity index (χ0v) is 16.6. The number of aromatic nitrogens is 2. The Kier molecular flexibility index (Phi) is 6.35. The van der Waals surface area contributed by atoms with Crippen LogP contribution in [0.25, 0.3) is 11.3 Å². The Morgan fingerprint density at radius 1 is 1.00 bits per heavy atom. The van der Waals surface area contributed by atoms with E-state index in [1.165, 1.54) is 18.2 Å². The topological polar surface area (TPSA) is 54.9 Å². The van der Waals surface area contributed by atoms with Gasteiger partial charge in [-0.05, 0) is 36.4 Å². The van der Waals surface area contributed by atoms with Crippen molar-refractivity contribution in [3.05, 3.63) is 70.7 Å². The standard InChI is InChI=1S/C19H13BrF3N3OS/c20-13-7-5-12(6-8-13)15-9-10-18(26-25-15)28-11-17(27)24-16-4-2-1-3-14(16)19(21,22)23/h1-10H,11H2,(H,24,27). The van der Waals surface area contributed by atoms with Crippen LogP contribution < -0.4 is 5.32 Å². The van der Waals surface area contributed by atoms with E-state index >= 15 is 0 Å². The number of alkyl halides is 3. The predicted octanol–water partition coefficient (Wildman–Crippen LogP) is 5.66. The third-order valence-electron chi connectivity index (χ3n) is 3.64. The van der Waals surface area contributed by atoms with Gasteiger partial charge in [0.15, 0.2) is 0 Å². The number of para-hydroxylation sites is 1. The zero-order chi connectivity index (χ0) is 20.1. The highest BCUT2D eigenvalue weighted by Gasteiger charge is 2.33. The molecule has 0 bridgehead atoms. The van der Waals surface area contributed by atoms with E-state index in [1.54, 1.807) is 12.1 Å². The van der Waals surface area contributed by atoms with Crippen molar-refractivity contribution in [3.63, 3.8) is 0 Å². The Balaban J connectivity index is 1.60. The van der Waals surface area contributed by atoms with Crippen LogP contribution in [0.15, 0.2) is 70.2 Å². The Hall–Kier alpha value is -2.39. The lowest BCUT2D eigenvalue weighted by Crippen LogP contribution is -2.18. The Morgan fingerprint density at radius 3 is 2.36 bits per heavy atom. The van der Waals surface area contributed by atoms with Gasteiger partial charge >= 0.3 is 6.18 Å². The maximum absolute atomic E-state index is 13.0. The molecule has 0 atom stereocenters. The van der Waals surface area contributed by atoms with Crippen LogP contribution in [-0.4, -0.2) is 21.9 Å². The number of benzene rings is 2. The summed E-state index contributed by atoms with van der Waals surface area (Å²) >= 11 is 4.46. The monoisotopic (exact) mass is 467 g/mol. The first-order valence-electron chi connectivity index (χ1n) is 8.01. The fraction of sp³-hybridized carbons (Fsp3) is 0.105. The summed E-state index contributed by atoms with van der Waals surface area (Å²) in [6.45, 7) is 0. The molecule has 1 amide bonds. The molecule has 0 saturated carbocycles. The van der Waals surface area contributed by atoms with Crippen LogP contribution in [0.1, 0.15) is 5.56 Å². The van der Waals surface area contributed by atoms with E-state index in [9.17, 15) is 18.0 Å². The summed E-state index contributed by atoms with van der Waals surface area (Å²) in [5.41, 5.74) is 0.429. The second-order valence-corrected chi connectivity index (χ2v) is 7.56. The zero-order valence-electron chi connectivity index (χ0n) is 14.2. The lowest BCUT2D eigenvalue weighted by molar-refractivity contribution is -0.137. The fourth-order valence-corrected chi connectivity index (χ4v) is 3.22. The van der Waals surface area contributed by atoms with Gasteiger partial charge in [0.1, 0.15) is 5.03 Å². The van der Waals surface area contributed by atoms with Crippen molar-refractivity contribution in [2.45, 2.75) is 11.2 Å². The summed E-state index contributed by atoms with van der Waals surface area (Å²) in [6, 6.07) is 15.9. The van der Waals surface area contributed by atoms with Gasteiger partial charge in [-0.1, -0.05) is 52.0 Å². The Morgan fingerprint density at radius 2 is 1.71 bits per heavy atom. The average molecular weight is 468 g/mol. The van der Waals surface area contributed by atoms with E-state index < -0.39 is 17.6 Å². The Bertz CT molecular complexity index is 963. The molecule has 3 rings (SSSR count). The number of anilines is 1. The molecule has 0 radical (unpaired) electrons. The maximum atomic E-state index is 13.0. The van der Waals surface area contributed by atoms with E-state index in [-0.39, 0.29) is 11.4 Å². The smallest absolute Gasteiger partial charge is 0.325 e. The molecule has 3 aromatic rings. The van der Waals surface area contributed by atoms with Crippen LogP contribution in [-0.2, 0) is 11.0 Å². The number of rotatable bonds is 5. The van der Waals surface area contributed by atoms with Crippen molar-refractivity contribution in [3.8, 4) is 11.3 Å². The summed E-state index contributed by atoms with van der Waals surface area (Å²) in [6.07, 6.45) is -4.54. The van der Waals surface area contributed by atoms with Gasteiger partial charge in [0, 0.05) is 10.0 Å². The number of halogens is 4. The minimum Gasteiger partial charge on any atom is -0.325 e. The van der Waals surface area contributed by atoms with E-state index in [1.807, 2.05) is 24.3 Å². The van der Waals surface area contributed by atoms with E-state index in [2.05, 4.69) is 31.4 Å². The largest absolute Gasteiger partial charge is 0.418 e. The number of nitrogens with one attached hydrogen (secondary N) is 1. The molecule has 2 aromatic carbocycles. The maximum Gasteiger partial charge on any atom is 0.418 e. The predicted molar refractivity (Wildman–Crippen MR) is 106 cm³/mol. The van der Waals surface area contributed by atoms with Gasteiger partial charge in [0.25, 0.3) is 0 Å². The van der Waals surface area contributed by atoms with Gasteiger partial charge < -0.3 is 5.32 Å². The van der Waals surface area contributed by atoms with E-state index in [4.69, 9.17) is 0 Å². The Labute approximate surface area is 171 Å². The first-order chi connectivity index (χ1) is 13.3. The van der Waals surface area contributed by atoms with Crippen LogP contribution in [0.2, 0.25) is 0 Å². The summed E-state index contributed by atoms with van der Waals surface area (Å²) in [4.78, 5) is 12.0. The van der Waals surface area contributed by atoms with E-state index in [0.717, 1.165) is 27.9 Å². The van der Waals surface area contributed by atoms with Gasteiger partial charge in [-0.2, -0.15) is 13.2 Å². The third-order valence-corrected chi connectivity index (χ3v) is 5.09. The molecule has 28 heavy (non-hydrogen) atoms. The van der Waals surface area contributed by atoms with E-state index in [0.29, 0.717) is 10.7 Å². The SMILES string of the molecule is O=C(CSc1ccc(-c2ccc(Br)cc2)nn1)Nc1ccccc1C(F)(F)F. The molecule has 0 aliphatic carbocycles. The molecular formula is C19H13BrF3N3OS. The fourth-order valence-electron chi connectivity index (χ4n) is 2.34. The molecule has 0 spiro atoms. The van der Waals surface area contributed by atoms with Gasteiger partial charge in [0.2, 0.25) is 5.91 Å². The molecular weight excluding hydrogens is 455 g/mol. The van der Waals surface area contributed by atoms with Gasteiger partial charge in [-0.3, -0.25) is 4.79 Å². The number of carbonyl (C=O) groups is 1. The lowest BCUT2D eigenvalue weighted by atomic mass is 10.1. The number of carbonyl (C=O) groups excluding carboxylic acids is 1. The summed E-state index contributed by atoms with van der Waals surface area (Å²) < 4.78 is 39.9. The quantitative estimate of drug-likeness (QED) is 0.492. The highest BCUT2D eigenvalue weighted by molar-refractivity contribution is 9.10. The normalized spacial score (nSPS) is 11.3. The molecule has 0 aliphatic heterocycles. The highest BCUT2D eigenvalue weighted by Crippen LogP contribution is 2.34. The van der Waals surface area contributed by atoms with Crippen molar-refractivity contribution in [2.24, 2.45) is 0 Å². The van der Waals surface area contributed by atoms with Gasteiger partial charge in [-0.15, -0.1) is 10.2 Å².